The van der Waals surface area contributed by atoms with Gasteiger partial charge < -0.3 is 10.8 Å². The van der Waals surface area contributed by atoms with Crippen LogP contribution in [-0.2, 0) is 0 Å². The maximum atomic E-state index is 10.2. The smallest absolute Gasteiger partial charge is 0.0844 e. The zero-order valence-corrected chi connectivity index (χ0v) is 11.6. The molecule has 1 rings (SSSR count). The molecule has 0 spiro atoms. The first kappa shape index (κ1) is 14.0. The highest BCUT2D eigenvalue weighted by Gasteiger charge is 2.20. The minimum atomic E-state index is -0.578. The van der Waals surface area contributed by atoms with E-state index in [1.165, 1.54) is 0 Å². The van der Waals surface area contributed by atoms with Crippen LogP contribution >= 0.6 is 27.5 Å². The molecule has 0 saturated carbocycles. The molecule has 0 aliphatic carbocycles. The first-order chi connectivity index (χ1) is 7.60. The van der Waals surface area contributed by atoms with Crippen molar-refractivity contribution in [3.8, 4) is 0 Å². The largest absolute Gasteiger partial charge is 0.388 e. The van der Waals surface area contributed by atoms with Gasteiger partial charge in [-0.1, -0.05) is 46.9 Å². The van der Waals surface area contributed by atoms with E-state index in [1.54, 1.807) is 6.07 Å². The number of nitrogens with two attached hydrogens (primary N) is 1. The van der Waals surface area contributed by atoms with E-state index in [0.29, 0.717) is 11.6 Å². The van der Waals surface area contributed by atoms with Crippen LogP contribution in [-0.4, -0.2) is 11.7 Å². The van der Waals surface area contributed by atoms with Crippen molar-refractivity contribution in [2.24, 2.45) is 11.7 Å². The summed E-state index contributed by atoms with van der Waals surface area (Å²) in [5.74, 6) is 0.0728. The fourth-order valence-electron chi connectivity index (χ4n) is 1.77. The number of hydrogen-bond donors (Lipinski definition) is 2. The third-order valence-corrected chi connectivity index (χ3v) is 3.51. The molecule has 16 heavy (non-hydrogen) atoms. The predicted molar refractivity (Wildman–Crippen MR) is 71.6 cm³/mol. The second kappa shape index (κ2) is 6.60. The van der Waals surface area contributed by atoms with E-state index in [-0.39, 0.29) is 5.92 Å². The van der Waals surface area contributed by atoms with Gasteiger partial charge >= 0.3 is 0 Å². The van der Waals surface area contributed by atoms with Crippen molar-refractivity contribution in [1.82, 2.24) is 0 Å². The van der Waals surface area contributed by atoms with E-state index in [4.69, 9.17) is 17.3 Å². The quantitative estimate of drug-likeness (QED) is 0.874. The van der Waals surface area contributed by atoms with Crippen LogP contribution in [0.1, 0.15) is 31.4 Å². The third-order valence-electron chi connectivity index (χ3n) is 2.69. The van der Waals surface area contributed by atoms with E-state index in [2.05, 4.69) is 22.9 Å². The molecule has 0 fully saturated rings. The number of hydrogen-bond acceptors (Lipinski definition) is 2. The van der Waals surface area contributed by atoms with Gasteiger partial charge in [-0.3, -0.25) is 0 Å². The molecule has 0 aliphatic heterocycles. The summed E-state index contributed by atoms with van der Waals surface area (Å²) in [7, 11) is 0. The first-order valence-electron chi connectivity index (χ1n) is 5.43. The lowest BCUT2D eigenvalue weighted by Gasteiger charge is -2.22. The summed E-state index contributed by atoms with van der Waals surface area (Å²) < 4.78 is 0.910. The maximum absolute atomic E-state index is 10.2. The molecule has 0 amide bonds. The van der Waals surface area contributed by atoms with Crippen molar-refractivity contribution in [2.75, 3.05) is 6.54 Å². The molecule has 2 nitrogen and oxygen atoms in total. The van der Waals surface area contributed by atoms with Crippen molar-refractivity contribution < 1.29 is 5.11 Å². The molecule has 0 aromatic heterocycles. The molecule has 3 N–H and O–H groups in total. The molecule has 90 valence electrons. The van der Waals surface area contributed by atoms with E-state index in [0.717, 1.165) is 22.9 Å². The number of aliphatic hydroxyl groups is 1. The molecule has 1 aromatic rings. The molecule has 1 aromatic carbocycles. The van der Waals surface area contributed by atoms with Gasteiger partial charge in [0.2, 0.25) is 0 Å². The summed E-state index contributed by atoms with van der Waals surface area (Å²) in [6.07, 6.45) is 1.34. The zero-order valence-electron chi connectivity index (χ0n) is 9.29. The van der Waals surface area contributed by atoms with E-state index in [9.17, 15) is 5.11 Å². The third kappa shape index (κ3) is 3.45. The highest BCUT2D eigenvalue weighted by Crippen LogP contribution is 2.32. The van der Waals surface area contributed by atoms with Gasteiger partial charge in [0.25, 0.3) is 0 Å². The maximum Gasteiger partial charge on any atom is 0.0844 e. The Balaban J connectivity index is 2.89. The second-order valence-electron chi connectivity index (χ2n) is 3.90. The lowest BCUT2D eigenvalue weighted by Crippen LogP contribution is -2.22. The molecule has 0 bridgehead atoms. The average molecular weight is 307 g/mol. The molecule has 2 atom stereocenters. The topological polar surface area (TPSA) is 46.2 Å². The Morgan fingerprint density at radius 3 is 2.69 bits per heavy atom. The van der Waals surface area contributed by atoms with Gasteiger partial charge in [0, 0.05) is 15.4 Å². The SMILES string of the molecule is CCCC(CN)C(O)c1ccc(Br)cc1Cl. The Morgan fingerprint density at radius 1 is 1.50 bits per heavy atom. The molecule has 4 heteroatoms. The van der Waals surface area contributed by atoms with Crippen molar-refractivity contribution in [3.05, 3.63) is 33.3 Å². The van der Waals surface area contributed by atoms with Crippen LogP contribution in [0, 0.1) is 5.92 Å². The number of rotatable bonds is 5. The van der Waals surface area contributed by atoms with E-state index in [1.807, 2.05) is 12.1 Å². The van der Waals surface area contributed by atoms with Crippen LogP contribution < -0.4 is 5.73 Å². The zero-order chi connectivity index (χ0) is 12.1. The van der Waals surface area contributed by atoms with Crippen LogP contribution in [0.15, 0.2) is 22.7 Å². The summed E-state index contributed by atoms with van der Waals surface area (Å²) in [5, 5.41) is 10.8. The van der Waals surface area contributed by atoms with Gasteiger partial charge in [0.15, 0.2) is 0 Å². The van der Waals surface area contributed by atoms with Gasteiger partial charge in [-0.25, -0.2) is 0 Å². The first-order valence-corrected chi connectivity index (χ1v) is 6.60. The predicted octanol–water partition coefficient (Wildman–Crippen LogP) is 3.51. The van der Waals surface area contributed by atoms with E-state index >= 15 is 0 Å². The summed E-state index contributed by atoms with van der Waals surface area (Å²) in [6, 6.07) is 5.51. The molecule has 0 heterocycles. The minimum absolute atomic E-state index is 0.0728. The highest BCUT2D eigenvalue weighted by molar-refractivity contribution is 9.10. The summed E-state index contributed by atoms with van der Waals surface area (Å²) in [5.41, 5.74) is 6.42. The molecule has 0 saturated heterocycles. The second-order valence-corrected chi connectivity index (χ2v) is 5.22. The Bertz CT molecular complexity index is 346. The van der Waals surface area contributed by atoms with Crippen molar-refractivity contribution in [1.29, 1.82) is 0 Å². The minimum Gasteiger partial charge on any atom is -0.388 e. The van der Waals surface area contributed by atoms with Gasteiger partial charge in [-0.2, -0.15) is 0 Å². The Kier molecular flexibility index (Phi) is 5.76. The van der Waals surface area contributed by atoms with Gasteiger partial charge in [-0.15, -0.1) is 0 Å². The molecular weight excluding hydrogens is 289 g/mol. The normalized spacial score (nSPS) is 14.8. The average Bonchev–Trinajstić information content (AvgIpc) is 2.25. The number of halogens is 2. The molecule has 0 radical (unpaired) electrons. The lowest BCUT2D eigenvalue weighted by molar-refractivity contribution is 0.107. The van der Waals surface area contributed by atoms with Crippen LogP contribution in [0.5, 0.6) is 0 Å². The monoisotopic (exact) mass is 305 g/mol. The summed E-state index contributed by atoms with van der Waals surface area (Å²) in [6.45, 7) is 2.56. The van der Waals surface area contributed by atoms with Crippen LogP contribution in [0.3, 0.4) is 0 Å². The van der Waals surface area contributed by atoms with Crippen molar-refractivity contribution >= 4 is 27.5 Å². The fraction of sp³-hybridized carbons (Fsp3) is 0.500. The van der Waals surface area contributed by atoms with Gasteiger partial charge in [-0.05, 0) is 30.7 Å². The Morgan fingerprint density at radius 2 is 2.19 bits per heavy atom. The number of benzene rings is 1. The fourth-order valence-corrected chi connectivity index (χ4v) is 2.56. The van der Waals surface area contributed by atoms with Crippen LogP contribution in [0.2, 0.25) is 5.02 Å². The van der Waals surface area contributed by atoms with E-state index < -0.39 is 6.10 Å². The van der Waals surface area contributed by atoms with Gasteiger partial charge in [0.05, 0.1) is 6.10 Å². The Labute approximate surface area is 110 Å². The van der Waals surface area contributed by atoms with Crippen molar-refractivity contribution in [3.63, 3.8) is 0 Å². The van der Waals surface area contributed by atoms with Crippen LogP contribution in [0.25, 0.3) is 0 Å². The Hall–Kier alpha value is -0.0900. The number of aliphatic hydroxyl groups excluding tert-OH is 1. The lowest BCUT2D eigenvalue weighted by atomic mass is 9.92. The standard InChI is InChI=1S/C12H17BrClNO/c1-2-3-8(7-15)12(16)10-5-4-9(13)6-11(10)14/h4-6,8,12,16H,2-3,7,15H2,1H3. The molecular formula is C12H17BrClNO. The van der Waals surface area contributed by atoms with Crippen molar-refractivity contribution in [2.45, 2.75) is 25.9 Å². The van der Waals surface area contributed by atoms with Gasteiger partial charge in [0.1, 0.15) is 0 Å². The molecule has 2 unspecified atom stereocenters. The van der Waals surface area contributed by atoms with Crippen LogP contribution in [0.4, 0.5) is 0 Å². The summed E-state index contributed by atoms with van der Waals surface area (Å²) >= 11 is 9.43. The molecule has 0 aliphatic rings. The highest BCUT2D eigenvalue weighted by atomic mass is 79.9. The summed E-state index contributed by atoms with van der Waals surface area (Å²) in [4.78, 5) is 0.